The third kappa shape index (κ3) is 4.20. The zero-order chi connectivity index (χ0) is 12.2. The van der Waals surface area contributed by atoms with Gasteiger partial charge in [0.05, 0.1) is 10.6 Å². The first kappa shape index (κ1) is 13.6. The lowest BCUT2D eigenvalue weighted by molar-refractivity contribution is 0.00772. The van der Waals surface area contributed by atoms with E-state index in [0.29, 0.717) is 6.04 Å². The lowest BCUT2D eigenvalue weighted by Crippen LogP contribution is -2.37. The Bertz CT molecular complexity index is 323. The van der Waals surface area contributed by atoms with Crippen LogP contribution in [0.4, 0.5) is 0 Å². The van der Waals surface area contributed by atoms with E-state index < -0.39 is 0 Å². The summed E-state index contributed by atoms with van der Waals surface area (Å²) in [5, 5.41) is 6.64. The molecule has 0 aromatic carbocycles. The topological polar surface area (TPSA) is 34.2 Å². The smallest absolute Gasteiger partial charge is 0.0943 e. The summed E-state index contributed by atoms with van der Waals surface area (Å²) in [6.45, 7) is 6.27. The quantitative estimate of drug-likeness (QED) is 0.832. The van der Waals surface area contributed by atoms with Gasteiger partial charge in [-0.05, 0) is 34.2 Å². The fraction of sp³-hybridized carbons (Fsp3) is 0.750. The van der Waals surface area contributed by atoms with E-state index in [4.69, 9.17) is 4.74 Å². The second kappa shape index (κ2) is 5.75. The molecule has 1 rings (SSSR count). The van der Waals surface area contributed by atoms with Gasteiger partial charge in [-0.1, -0.05) is 0 Å². The second-order valence-corrected chi connectivity index (χ2v) is 5.68. The molecular weight excluding hydrogens is 220 g/mol. The van der Waals surface area contributed by atoms with E-state index in [2.05, 4.69) is 29.5 Å². The molecule has 0 aliphatic heterocycles. The molecule has 0 radical (unpaired) electrons. The zero-order valence-corrected chi connectivity index (χ0v) is 11.6. The molecule has 0 bridgehead atoms. The lowest BCUT2D eigenvalue weighted by atomic mass is 9.97. The van der Waals surface area contributed by atoms with Gasteiger partial charge >= 0.3 is 0 Å². The molecule has 3 nitrogen and oxygen atoms in total. The maximum atomic E-state index is 5.46. The van der Waals surface area contributed by atoms with Crippen LogP contribution in [0.15, 0.2) is 5.38 Å². The minimum Gasteiger partial charge on any atom is -0.379 e. The van der Waals surface area contributed by atoms with Crippen LogP contribution in [-0.4, -0.2) is 30.8 Å². The van der Waals surface area contributed by atoms with E-state index >= 15 is 0 Å². The molecule has 0 amide bonds. The number of thiazole rings is 1. The monoisotopic (exact) mass is 242 g/mol. The van der Waals surface area contributed by atoms with Crippen LogP contribution < -0.4 is 5.32 Å². The van der Waals surface area contributed by atoms with Crippen LogP contribution in [0.5, 0.6) is 0 Å². The fourth-order valence-electron chi connectivity index (χ4n) is 1.66. The highest BCUT2D eigenvalue weighted by Crippen LogP contribution is 2.19. The first-order valence-electron chi connectivity index (χ1n) is 5.60. The van der Waals surface area contributed by atoms with Crippen LogP contribution in [0.2, 0.25) is 0 Å². The number of aryl methyl sites for hydroxylation is 1. The van der Waals surface area contributed by atoms with Gasteiger partial charge in [-0.25, -0.2) is 4.98 Å². The molecule has 0 spiro atoms. The molecule has 1 atom stereocenters. The molecule has 1 heterocycles. The van der Waals surface area contributed by atoms with Gasteiger partial charge in [-0.2, -0.15) is 0 Å². The largest absolute Gasteiger partial charge is 0.379 e. The standard InChI is InChI=1S/C12H22N2OS/c1-9-8-16-11(14-9)6-10(13-4)7-12(2,3)15-5/h8,10,13H,6-7H2,1-5H3. The van der Waals surface area contributed by atoms with Crippen LogP contribution in [0.3, 0.4) is 0 Å². The van der Waals surface area contributed by atoms with E-state index in [9.17, 15) is 0 Å². The summed E-state index contributed by atoms with van der Waals surface area (Å²) in [5.41, 5.74) is 1.03. The summed E-state index contributed by atoms with van der Waals surface area (Å²) in [5.74, 6) is 0. The SMILES string of the molecule is CNC(Cc1nc(C)cs1)CC(C)(C)OC. The molecule has 0 saturated heterocycles. The molecule has 1 unspecified atom stereocenters. The van der Waals surface area contributed by atoms with E-state index in [1.54, 1.807) is 18.4 Å². The van der Waals surface area contributed by atoms with Crippen LogP contribution in [0.1, 0.15) is 31.0 Å². The van der Waals surface area contributed by atoms with Gasteiger partial charge in [0.2, 0.25) is 0 Å². The van der Waals surface area contributed by atoms with Crippen molar-refractivity contribution in [3.63, 3.8) is 0 Å². The number of aromatic nitrogens is 1. The highest BCUT2D eigenvalue weighted by Gasteiger charge is 2.22. The molecule has 1 aromatic rings. The van der Waals surface area contributed by atoms with Crippen molar-refractivity contribution in [3.05, 3.63) is 16.1 Å². The van der Waals surface area contributed by atoms with Gasteiger partial charge in [0.25, 0.3) is 0 Å². The Morgan fingerprint density at radius 1 is 1.56 bits per heavy atom. The zero-order valence-electron chi connectivity index (χ0n) is 10.8. The third-order valence-electron chi connectivity index (χ3n) is 2.79. The van der Waals surface area contributed by atoms with Crippen molar-refractivity contribution in [3.8, 4) is 0 Å². The summed E-state index contributed by atoms with van der Waals surface area (Å²) in [6, 6.07) is 0.417. The normalized spacial score (nSPS) is 14.1. The molecule has 0 aliphatic rings. The average molecular weight is 242 g/mol. The van der Waals surface area contributed by atoms with Crippen molar-refractivity contribution in [2.75, 3.05) is 14.2 Å². The Morgan fingerprint density at radius 3 is 2.69 bits per heavy atom. The van der Waals surface area contributed by atoms with Crippen molar-refractivity contribution < 1.29 is 4.74 Å². The molecule has 1 aromatic heterocycles. The molecular formula is C12H22N2OS. The number of likely N-dealkylation sites (N-methyl/N-ethyl adjacent to an activating group) is 1. The molecule has 16 heavy (non-hydrogen) atoms. The Hall–Kier alpha value is -0.450. The molecule has 1 N–H and O–H groups in total. The number of nitrogens with zero attached hydrogens (tertiary/aromatic N) is 1. The number of methoxy groups -OCH3 is 1. The molecule has 4 heteroatoms. The highest BCUT2D eigenvalue weighted by atomic mass is 32.1. The first-order valence-corrected chi connectivity index (χ1v) is 6.48. The Balaban J connectivity index is 2.55. The summed E-state index contributed by atoms with van der Waals surface area (Å²) in [7, 11) is 3.76. The highest BCUT2D eigenvalue weighted by molar-refractivity contribution is 7.09. The van der Waals surface area contributed by atoms with E-state index in [1.165, 1.54) is 5.01 Å². The van der Waals surface area contributed by atoms with Crippen LogP contribution >= 0.6 is 11.3 Å². The Morgan fingerprint density at radius 2 is 2.25 bits per heavy atom. The fourth-order valence-corrected chi connectivity index (χ4v) is 2.51. The van der Waals surface area contributed by atoms with Crippen molar-refractivity contribution in [2.45, 2.75) is 45.3 Å². The van der Waals surface area contributed by atoms with Crippen molar-refractivity contribution in [1.82, 2.24) is 10.3 Å². The summed E-state index contributed by atoms with van der Waals surface area (Å²) < 4.78 is 5.46. The van der Waals surface area contributed by atoms with Crippen molar-refractivity contribution >= 4 is 11.3 Å². The first-order chi connectivity index (χ1) is 7.46. The maximum Gasteiger partial charge on any atom is 0.0943 e. The summed E-state index contributed by atoms with van der Waals surface area (Å²) in [4.78, 5) is 4.49. The van der Waals surface area contributed by atoms with Crippen molar-refractivity contribution in [1.29, 1.82) is 0 Å². The Labute approximate surface area is 102 Å². The average Bonchev–Trinajstić information content (AvgIpc) is 2.63. The summed E-state index contributed by atoms with van der Waals surface area (Å²) in [6.07, 6.45) is 1.96. The number of ether oxygens (including phenoxy) is 1. The molecule has 0 fully saturated rings. The number of rotatable bonds is 6. The lowest BCUT2D eigenvalue weighted by Gasteiger charge is -2.28. The number of hydrogen-bond acceptors (Lipinski definition) is 4. The predicted molar refractivity (Wildman–Crippen MR) is 69.1 cm³/mol. The van der Waals surface area contributed by atoms with Gasteiger partial charge in [-0.3, -0.25) is 0 Å². The van der Waals surface area contributed by atoms with Gasteiger partial charge in [0.1, 0.15) is 0 Å². The third-order valence-corrected chi connectivity index (χ3v) is 3.78. The van der Waals surface area contributed by atoms with Crippen LogP contribution in [0.25, 0.3) is 0 Å². The maximum absolute atomic E-state index is 5.46. The molecule has 0 aliphatic carbocycles. The van der Waals surface area contributed by atoms with Gasteiger partial charge < -0.3 is 10.1 Å². The minimum atomic E-state index is -0.0834. The predicted octanol–water partition coefficient (Wildman–Crippen LogP) is 2.40. The van der Waals surface area contributed by atoms with Gasteiger partial charge in [0.15, 0.2) is 0 Å². The van der Waals surface area contributed by atoms with E-state index in [1.807, 2.05) is 14.0 Å². The molecule has 92 valence electrons. The minimum absolute atomic E-state index is 0.0834. The number of hydrogen-bond donors (Lipinski definition) is 1. The van der Waals surface area contributed by atoms with Gasteiger partial charge in [0, 0.05) is 30.6 Å². The molecule has 0 saturated carbocycles. The van der Waals surface area contributed by atoms with Crippen LogP contribution in [-0.2, 0) is 11.2 Å². The van der Waals surface area contributed by atoms with E-state index in [0.717, 1.165) is 18.5 Å². The second-order valence-electron chi connectivity index (χ2n) is 4.74. The van der Waals surface area contributed by atoms with Gasteiger partial charge in [-0.15, -0.1) is 11.3 Å². The Kier molecular flexibility index (Phi) is 4.89. The number of nitrogens with one attached hydrogen (secondary N) is 1. The van der Waals surface area contributed by atoms with Crippen LogP contribution in [0, 0.1) is 6.92 Å². The van der Waals surface area contributed by atoms with Crippen molar-refractivity contribution in [2.24, 2.45) is 0 Å². The van der Waals surface area contributed by atoms with E-state index in [-0.39, 0.29) is 5.60 Å². The summed E-state index contributed by atoms with van der Waals surface area (Å²) >= 11 is 1.73.